The molecule has 1 amide bonds. The van der Waals surface area contributed by atoms with Gasteiger partial charge in [-0.25, -0.2) is 4.98 Å². The van der Waals surface area contributed by atoms with E-state index in [0.29, 0.717) is 5.92 Å². The van der Waals surface area contributed by atoms with E-state index in [1.54, 1.807) is 17.4 Å². The summed E-state index contributed by atoms with van der Waals surface area (Å²) >= 11 is 1.65. The first-order valence-corrected chi connectivity index (χ1v) is 8.11. The molecule has 2 fully saturated rings. The molecule has 0 radical (unpaired) electrons. The van der Waals surface area contributed by atoms with Gasteiger partial charge in [0.2, 0.25) is 5.91 Å². The molecule has 1 unspecified atom stereocenters. The number of aromatic nitrogens is 1. The highest BCUT2D eigenvalue weighted by molar-refractivity contribution is 7.09. The molecule has 1 aliphatic carbocycles. The molecule has 19 heavy (non-hydrogen) atoms. The lowest BCUT2D eigenvalue weighted by Gasteiger charge is -2.39. The van der Waals surface area contributed by atoms with Gasteiger partial charge in [0, 0.05) is 18.1 Å². The number of rotatable bonds is 3. The average molecular weight is 276 g/mol. The monoisotopic (exact) mass is 276 g/mol. The topological polar surface area (TPSA) is 33.2 Å². The van der Waals surface area contributed by atoms with E-state index in [-0.39, 0.29) is 11.9 Å². The summed E-state index contributed by atoms with van der Waals surface area (Å²) in [5.74, 6) is 0.786. The lowest BCUT2D eigenvalue weighted by Crippen LogP contribution is -2.44. The Morgan fingerprint density at radius 2 is 2.16 bits per heavy atom. The third kappa shape index (κ3) is 2.89. The van der Waals surface area contributed by atoms with Crippen LogP contribution in [0.25, 0.3) is 0 Å². The van der Waals surface area contributed by atoms with E-state index in [1.807, 2.05) is 16.5 Å². The number of hydrogen-bond acceptors (Lipinski definition) is 3. The fourth-order valence-corrected chi connectivity index (χ4v) is 3.73. The molecule has 0 bridgehead atoms. The smallest absolute Gasteiger partial charge is 0.246 e. The van der Waals surface area contributed by atoms with Gasteiger partial charge in [0.05, 0.1) is 6.04 Å². The summed E-state index contributed by atoms with van der Waals surface area (Å²) in [6, 6.07) is 0.225. The number of nitrogens with zero attached hydrogens (tertiary/aromatic N) is 2. The van der Waals surface area contributed by atoms with Crippen LogP contribution in [-0.4, -0.2) is 22.3 Å². The summed E-state index contributed by atoms with van der Waals surface area (Å²) in [6.07, 6.45) is 13.3. The van der Waals surface area contributed by atoms with Crippen LogP contribution in [0.1, 0.15) is 49.6 Å². The second-order valence-corrected chi connectivity index (χ2v) is 6.39. The highest BCUT2D eigenvalue weighted by Crippen LogP contribution is 2.34. The third-order valence-corrected chi connectivity index (χ3v) is 5.08. The van der Waals surface area contributed by atoms with Gasteiger partial charge >= 0.3 is 0 Å². The fraction of sp³-hybridized carbons (Fsp3) is 0.600. The molecule has 1 saturated heterocycles. The van der Waals surface area contributed by atoms with E-state index in [4.69, 9.17) is 0 Å². The van der Waals surface area contributed by atoms with Crippen molar-refractivity contribution in [1.29, 1.82) is 0 Å². The van der Waals surface area contributed by atoms with Crippen molar-refractivity contribution in [2.75, 3.05) is 6.54 Å². The van der Waals surface area contributed by atoms with E-state index in [0.717, 1.165) is 18.0 Å². The molecular weight excluding hydrogens is 256 g/mol. The highest BCUT2D eigenvalue weighted by atomic mass is 32.1. The van der Waals surface area contributed by atoms with Gasteiger partial charge in [-0.3, -0.25) is 4.79 Å². The van der Waals surface area contributed by atoms with Crippen LogP contribution in [0.5, 0.6) is 0 Å². The third-order valence-electron chi connectivity index (χ3n) is 4.20. The molecule has 2 aliphatic rings. The van der Waals surface area contributed by atoms with Crippen LogP contribution in [0.4, 0.5) is 0 Å². The molecule has 0 aromatic carbocycles. The number of carbonyl (C=O) groups is 1. The first kappa shape index (κ1) is 12.9. The SMILES string of the molecule is O=C(/C=C/C1CCCCC1)N1CCC1c1nccs1. The minimum absolute atomic E-state index is 0.164. The molecule has 4 heteroatoms. The van der Waals surface area contributed by atoms with Crippen LogP contribution in [0.3, 0.4) is 0 Å². The summed E-state index contributed by atoms with van der Waals surface area (Å²) < 4.78 is 0. The van der Waals surface area contributed by atoms with Crippen molar-refractivity contribution in [2.45, 2.75) is 44.6 Å². The van der Waals surface area contributed by atoms with Gasteiger partial charge in [-0.2, -0.15) is 0 Å². The van der Waals surface area contributed by atoms with Crippen molar-refractivity contribution >= 4 is 17.2 Å². The van der Waals surface area contributed by atoms with Crippen LogP contribution in [0, 0.1) is 5.92 Å². The van der Waals surface area contributed by atoms with Gasteiger partial charge in [0.15, 0.2) is 0 Å². The van der Waals surface area contributed by atoms with Gasteiger partial charge in [-0.05, 0) is 31.3 Å². The van der Waals surface area contributed by atoms with Crippen molar-refractivity contribution in [2.24, 2.45) is 5.92 Å². The van der Waals surface area contributed by atoms with Crippen molar-refractivity contribution < 1.29 is 4.79 Å². The Morgan fingerprint density at radius 1 is 1.32 bits per heavy atom. The van der Waals surface area contributed by atoms with Crippen LogP contribution in [-0.2, 0) is 4.79 Å². The number of hydrogen-bond donors (Lipinski definition) is 0. The second-order valence-electron chi connectivity index (χ2n) is 5.46. The van der Waals surface area contributed by atoms with Crippen LogP contribution < -0.4 is 0 Å². The minimum Gasteiger partial charge on any atom is -0.330 e. The normalized spacial score (nSPS) is 24.6. The Hall–Kier alpha value is -1.16. The molecule has 3 rings (SSSR count). The van der Waals surface area contributed by atoms with E-state index in [9.17, 15) is 4.79 Å². The van der Waals surface area contributed by atoms with Gasteiger partial charge in [0.1, 0.15) is 5.01 Å². The van der Waals surface area contributed by atoms with Gasteiger partial charge < -0.3 is 4.90 Å². The first-order chi connectivity index (χ1) is 9.34. The zero-order chi connectivity index (χ0) is 13.1. The lowest BCUT2D eigenvalue weighted by molar-refractivity contribution is -0.133. The molecule has 2 heterocycles. The van der Waals surface area contributed by atoms with Crippen LogP contribution in [0.2, 0.25) is 0 Å². The molecule has 1 atom stereocenters. The Balaban J connectivity index is 1.57. The number of allylic oxidation sites excluding steroid dienone is 1. The summed E-state index contributed by atoms with van der Waals surface area (Å²) in [4.78, 5) is 18.5. The van der Waals surface area contributed by atoms with E-state index in [2.05, 4.69) is 11.1 Å². The number of amides is 1. The Bertz CT molecular complexity index is 449. The zero-order valence-corrected chi connectivity index (χ0v) is 11.9. The Labute approximate surface area is 118 Å². The quantitative estimate of drug-likeness (QED) is 0.791. The number of thiazole rings is 1. The number of carbonyl (C=O) groups excluding carboxylic acids is 1. The summed E-state index contributed by atoms with van der Waals surface area (Å²) in [6.45, 7) is 0.873. The molecule has 102 valence electrons. The summed E-state index contributed by atoms with van der Waals surface area (Å²) in [7, 11) is 0. The van der Waals surface area contributed by atoms with Gasteiger partial charge in [-0.1, -0.05) is 25.3 Å². The lowest BCUT2D eigenvalue weighted by atomic mass is 9.89. The maximum Gasteiger partial charge on any atom is 0.246 e. The minimum atomic E-state index is 0.164. The van der Waals surface area contributed by atoms with Crippen LogP contribution in [0.15, 0.2) is 23.7 Å². The fourth-order valence-electron chi connectivity index (χ4n) is 2.95. The largest absolute Gasteiger partial charge is 0.330 e. The Kier molecular flexibility index (Phi) is 3.97. The molecule has 1 saturated carbocycles. The second kappa shape index (κ2) is 5.87. The van der Waals surface area contributed by atoms with E-state index >= 15 is 0 Å². The van der Waals surface area contributed by atoms with E-state index < -0.39 is 0 Å². The summed E-state index contributed by atoms with van der Waals surface area (Å²) in [5.41, 5.74) is 0. The molecular formula is C15H20N2OS. The molecule has 1 aliphatic heterocycles. The highest BCUT2D eigenvalue weighted by Gasteiger charge is 2.33. The van der Waals surface area contributed by atoms with Crippen molar-refractivity contribution in [3.8, 4) is 0 Å². The molecule has 0 N–H and O–H groups in total. The number of likely N-dealkylation sites (tertiary alicyclic amines) is 1. The molecule has 1 aromatic heterocycles. The predicted octanol–water partition coefficient (Wildman–Crippen LogP) is 3.55. The van der Waals surface area contributed by atoms with Crippen molar-refractivity contribution in [3.63, 3.8) is 0 Å². The zero-order valence-electron chi connectivity index (χ0n) is 11.1. The van der Waals surface area contributed by atoms with E-state index in [1.165, 1.54) is 32.1 Å². The molecule has 0 spiro atoms. The van der Waals surface area contributed by atoms with Gasteiger partial charge in [-0.15, -0.1) is 11.3 Å². The maximum absolute atomic E-state index is 12.2. The van der Waals surface area contributed by atoms with Gasteiger partial charge in [0.25, 0.3) is 0 Å². The molecule has 3 nitrogen and oxygen atoms in total. The van der Waals surface area contributed by atoms with Crippen molar-refractivity contribution in [3.05, 3.63) is 28.7 Å². The maximum atomic E-state index is 12.2. The summed E-state index contributed by atoms with van der Waals surface area (Å²) in [5, 5.41) is 3.06. The standard InChI is InChI=1S/C15H20N2OS/c18-14(7-6-12-4-2-1-3-5-12)17-10-8-13(17)15-16-9-11-19-15/h6-7,9,11-13H,1-5,8,10H2/b7-6+. The molecule has 1 aromatic rings. The average Bonchev–Trinajstić information content (AvgIpc) is 2.90. The Morgan fingerprint density at radius 3 is 2.79 bits per heavy atom. The van der Waals surface area contributed by atoms with Crippen LogP contribution >= 0.6 is 11.3 Å². The first-order valence-electron chi connectivity index (χ1n) is 7.23. The van der Waals surface area contributed by atoms with Crippen molar-refractivity contribution in [1.82, 2.24) is 9.88 Å². The predicted molar refractivity (Wildman–Crippen MR) is 76.9 cm³/mol.